The fraction of sp³-hybridized carbons (Fsp3) is 0.333. The van der Waals surface area contributed by atoms with Crippen LogP contribution >= 0.6 is 0 Å². The van der Waals surface area contributed by atoms with Crippen LogP contribution in [-0.4, -0.2) is 0 Å². The maximum atomic E-state index is 2.20. The number of hydrogen-bond acceptors (Lipinski definition) is 0. The predicted octanol–water partition coefficient (Wildman–Crippen LogP) is 2.81. The Bertz CT molecular complexity index is 167. The molecule has 0 bridgehead atoms. The largest absolute Gasteiger partial charge is 0.0622 e. The van der Waals surface area contributed by atoms with Gasteiger partial charge in [-0.25, -0.2) is 0 Å². The molecule has 0 saturated carbocycles. The van der Waals surface area contributed by atoms with Crippen LogP contribution in [0.4, 0.5) is 0 Å². The molecule has 0 fully saturated rings. The first-order valence-corrected chi connectivity index (χ1v) is 3.35. The fourth-order valence-corrected chi connectivity index (χ4v) is 0.838. The van der Waals surface area contributed by atoms with Crippen molar-refractivity contribution in [1.82, 2.24) is 0 Å². The van der Waals surface area contributed by atoms with Gasteiger partial charge in [0.25, 0.3) is 0 Å². The monoisotopic (exact) mass is 218 g/mol. The van der Waals surface area contributed by atoms with Gasteiger partial charge in [0, 0.05) is 21.1 Å². The van der Waals surface area contributed by atoms with Crippen molar-refractivity contribution in [2.24, 2.45) is 0 Å². The Morgan fingerprint density at radius 3 is 1.80 bits per heavy atom. The normalized spacial score (nSPS) is 9.10. The van der Waals surface area contributed by atoms with Gasteiger partial charge in [-0.3, -0.25) is 0 Å². The van der Waals surface area contributed by atoms with E-state index < -0.39 is 0 Å². The van der Waals surface area contributed by atoms with Crippen LogP contribution in [0.1, 0.15) is 25.3 Å². The first-order chi connectivity index (χ1) is 4.30. The molecule has 0 aliphatic heterocycles. The summed E-state index contributed by atoms with van der Waals surface area (Å²) in [6.07, 6.45) is 0. The molecule has 0 N–H and O–H groups in total. The van der Waals surface area contributed by atoms with Crippen LogP contribution in [0, 0.1) is 0 Å². The van der Waals surface area contributed by atoms with E-state index in [9.17, 15) is 0 Å². The molecule has 0 nitrogen and oxygen atoms in total. The summed E-state index contributed by atoms with van der Waals surface area (Å²) in [5.74, 6) is 0.659. The van der Waals surface area contributed by atoms with E-state index in [0.717, 1.165) is 0 Å². The van der Waals surface area contributed by atoms with E-state index in [-0.39, 0.29) is 21.1 Å². The molecule has 0 spiro atoms. The third-order valence-corrected chi connectivity index (χ3v) is 1.47. The molecule has 1 heteroatoms. The summed E-state index contributed by atoms with van der Waals surface area (Å²) in [4.78, 5) is 0. The van der Waals surface area contributed by atoms with Gasteiger partial charge in [0.1, 0.15) is 0 Å². The number of benzene rings is 1. The Hall–Kier alpha value is -0.0917. The molecule has 0 aliphatic carbocycles. The van der Waals surface area contributed by atoms with Crippen LogP contribution in [0.5, 0.6) is 0 Å². The zero-order valence-corrected chi connectivity index (χ0v) is 8.38. The van der Waals surface area contributed by atoms with Gasteiger partial charge in [0.05, 0.1) is 0 Å². The summed E-state index contributed by atoms with van der Waals surface area (Å²) in [5, 5.41) is 0. The minimum Gasteiger partial charge on any atom is -0.0622 e. The molecule has 0 radical (unpaired) electrons. The van der Waals surface area contributed by atoms with Gasteiger partial charge in [-0.15, -0.1) is 0 Å². The fourth-order valence-electron chi connectivity index (χ4n) is 0.838. The minimum atomic E-state index is 0. The van der Waals surface area contributed by atoms with E-state index in [1.807, 2.05) is 6.07 Å². The average molecular weight is 216 g/mol. The molecular weight excluding hydrogens is 204 g/mol. The smallest absolute Gasteiger partial charge is 0 e. The molecule has 54 valence electrons. The summed E-state index contributed by atoms with van der Waals surface area (Å²) in [6, 6.07) is 10.5. The summed E-state index contributed by atoms with van der Waals surface area (Å²) < 4.78 is 0. The molecule has 0 amide bonds. The Kier molecular flexibility index (Phi) is 4.64. The second kappa shape index (κ2) is 4.68. The molecule has 10 heavy (non-hydrogen) atoms. The third kappa shape index (κ3) is 2.66. The molecule has 1 rings (SSSR count). The quantitative estimate of drug-likeness (QED) is 0.633. The molecule has 0 aromatic heterocycles. The van der Waals surface area contributed by atoms with Crippen LogP contribution in [-0.2, 0) is 21.1 Å². The van der Waals surface area contributed by atoms with Gasteiger partial charge in [-0.2, -0.15) is 0 Å². The van der Waals surface area contributed by atoms with Crippen LogP contribution in [0.15, 0.2) is 30.3 Å². The number of rotatable bonds is 1. The maximum absolute atomic E-state index is 2.20. The summed E-state index contributed by atoms with van der Waals surface area (Å²) >= 11 is 0. The zero-order chi connectivity index (χ0) is 6.69. The van der Waals surface area contributed by atoms with Crippen molar-refractivity contribution in [2.75, 3.05) is 0 Å². The third-order valence-electron chi connectivity index (χ3n) is 1.47. The van der Waals surface area contributed by atoms with Crippen LogP contribution in [0.25, 0.3) is 0 Å². The van der Waals surface area contributed by atoms with E-state index in [4.69, 9.17) is 0 Å². The molecule has 0 saturated heterocycles. The Morgan fingerprint density at radius 2 is 1.50 bits per heavy atom. The Balaban J connectivity index is 0.000000810. The predicted molar refractivity (Wildman–Crippen MR) is 40.5 cm³/mol. The first kappa shape index (κ1) is 9.91. The Labute approximate surface area is 76.9 Å². The van der Waals surface area contributed by atoms with E-state index in [0.29, 0.717) is 5.92 Å². The van der Waals surface area contributed by atoms with Crippen molar-refractivity contribution in [2.45, 2.75) is 19.8 Å². The van der Waals surface area contributed by atoms with Crippen molar-refractivity contribution in [3.8, 4) is 0 Å². The van der Waals surface area contributed by atoms with Crippen molar-refractivity contribution in [3.05, 3.63) is 35.9 Å². The van der Waals surface area contributed by atoms with Crippen LogP contribution in [0.2, 0.25) is 0 Å². The molecule has 0 heterocycles. The van der Waals surface area contributed by atoms with E-state index >= 15 is 0 Å². The SMILES string of the molecule is CC(C)c1ccccc1.[Mo]. The molecule has 0 unspecified atom stereocenters. The summed E-state index contributed by atoms with van der Waals surface area (Å²) in [7, 11) is 0. The van der Waals surface area contributed by atoms with Crippen molar-refractivity contribution in [1.29, 1.82) is 0 Å². The van der Waals surface area contributed by atoms with E-state index in [1.54, 1.807) is 0 Å². The first-order valence-electron chi connectivity index (χ1n) is 3.35. The average Bonchev–Trinajstić information content (AvgIpc) is 1.90. The second-order valence-corrected chi connectivity index (χ2v) is 2.57. The van der Waals surface area contributed by atoms with E-state index in [1.165, 1.54) is 5.56 Å². The molecule has 0 atom stereocenters. The topological polar surface area (TPSA) is 0 Å². The summed E-state index contributed by atoms with van der Waals surface area (Å²) in [6.45, 7) is 4.41. The minimum absolute atomic E-state index is 0. The molecule has 1 aromatic carbocycles. The second-order valence-electron chi connectivity index (χ2n) is 2.57. The van der Waals surface area contributed by atoms with Crippen LogP contribution in [0.3, 0.4) is 0 Å². The van der Waals surface area contributed by atoms with Gasteiger partial charge in [0.2, 0.25) is 0 Å². The molecular formula is C9H12Mo. The van der Waals surface area contributed by atoms with Crippen LogP contribution < -0.4 is 0 Å². The van der Waals surface area contributed by atoms with Gasteiger partial charge in [-0.05, 0) is 11.5 Å². The van der Waals surface area contributed by atoms with Crippen molar-refractivity contribution < 1.29 is 21.1 Å². The Morgan fingerprint density at radius 1 is 1.00 bits per heavy atom. The summed E-state index contributed by atoms with van der Waals surface area (Å²) in [5.41, 5.74) is 1.41. The van der Waals surface area contributed by atoms with Gasteiger partial charge < -0.3 is 0 Å². The van der Waals surface area contributed by atoms with E-state index in [2.05, 4.69) is 38.1 Å². The standard InChI is InChI=1S/C9H12.Mo/c1-8(2)9-6-4-3-5-7-9;/h3-8H,1-2H3;. The molecule has 1 aromatic rings. The van der Waals surface area contributed by atoms with Gasteiger partial charge in [-0.1, -0.05) is 44.2 Å². The zero-order valence-electron chi connectivity index (χ0n) is 6.37. The van der Waals surface area contributed by atoms with Gasteiger partial charge >= 0.3 is 0 Å². The van der Waals surface area contributed by atoms with Gasteiger partial charge in [0.15, 0.2) is 0 Å². The number of hydrogen-bond donors (Lipinski definition) is 0. The maximum Gasteiger partial charge on any atom is 0 e. The van der Waals surface area contributed by atoms with Crippen molar-refractivity contribution >= 4 is 0 Å². The van der Waals surface area contributed by atoms with Crippen molar-refractivity contribution in [3.63, 3.8) is 0 Å². The molecule has 0 aliphatic rings.